The fraction of sp³-hybridized carbons (Fsp3) is 0.370. The number of ketones is 2. The molecular weight excluding hydrogens is 723 g/mol. The van der Waals surface area contributed by atoms with Crippen LogP contribution in [-0.4, -0.2) is 75.6 Å². The lowest BCUT2D eigenvalue weighted by molar-refractivity contribution is -0.0602. The lowest BCUT2D eigenvalue weighted by Crippen LogP contribution is -2.60. The standard InChI is InChI=1S/C46H49N3O8/c1-5-20-49(21-6-2)39-33-24-30-23-32-37(35(55-26-28-15-10-8-11-16-28)25-31(41(32)54-4)34-19-14-22-48(34)7-3)40(50)36(30)43(51)46(33,53)44(52)38-42(39)57-47-45(38)56-27-29-17-12-9-13-18-29/h5-6,8-13,15-18,25,30,33-34,39,51,53H,1-2,7,14,19-24,26-27H2,3-4H3/t30-,33-,34?,39-,46-/m0/s1. The Morgan fingerprint density at radius 3 is 2.30 bits per heavy atom. The van der Waals surface area contributed by atoms with E-state index in [-0.39, 0.29) is 54.0 Å². The van der Waals surface area contributed by atoms with Crippen LogP contribution in [0.3, 0.4) is 0 Å². The third-order valence-electron chi connectivity index (χ3n) is 12.2. The number of fused-ring (bicyclic) bond motifs is 4. The molecule has 8 rings (SSSR count). The van der Waals surface area contributed by atoms with Crippen LogP contribution in [0.1, 0.15) is 87.0 Å². The number of rotatable bonds is 14. The lowest BCUT2D eigenvalue weighted by Gasteiger charge is -2.50. The number of aliphatic hydroxyl groups is 2. The van der Waals surface area contributed by atoms with Gasteiger partial charge in [0.05, 0.1) is 18.7 Å². The minimum Gasteiger partial charge on any atom is -0.508 e. The molecule has 0 saturated carbocycles. The Morgan fingerprint density at radius 2 is 1.67 bits per heavy atom. The number of benzene rings is 3. The maximum absolute atomic E-state index is 15.1. The van der Waals surface area contributed by atoms with Gasteiger partial charge in [-0.25, -0.2) is 0 Å². The van der Waals surface area contributed by atoms with E-state index in [1.807, 2.05) is 71.6 Å². The van der Waals surface area contributed by atoms with Gasteiger partial charge in [0.2, 0.25) is 5.78 Å². The lowest BCUT2D eigenvalue weighted by atomic mass is 9.58. The number of hydrogen-bond donors (Lipinski definition) is 2. The number of carbonyl (C=O) groups excluding carboxylic acids is 2. The van der Waals surface area contributed by atoms with Gasteiger partial charge in [-0.2, -0.15) is 0 Å². The Hall–Kier alpha value is -5.49. The van der Waals surface area contributed by atoms with E-state index in [0.717, 1.165) is 42.6 Å². The average molecular weight is 772 g/mol. The molecular formula is C46H49N3O8. The molecule has 1 unspecified atom stereocenters. The number of aromatic nitrogens is 1. The average Bonchev–Trinajstić information content (AvgIpc) is 3.89. The Kier molecular flexibility index (Phi) is 10.6. The third kappa shape index (κ3) is 6.47. The second-order valence-electron chi connectivity index (χ2n) is 15.3. The van der Waals surface area contributed by atoms with Gasteiger partial charge in [-0.1, -0.05) is 79.7 Å². The van der Waals surface area contributed by atoms with Gasteiger partial charge in [0, 0.05) is 41.7 Å². The van der Waals surface area contributed by atoms with Crippen LogP contribution in [0.5, 0.6) is 17.4 Å². The summed E-state index contributed by atoms with van der Waals surface area (Å²) in [5, 5.41) is 29.5. The molecule has 57 heavy (non-hydrogen) atoms. The van der Waals surface area contributed by atoms with E-state index in [0.29, 0.717) is 36.6 Å². The van der Waals surface area contributed by atoms with Crippen molar-refractivity contribution >= 4 is 11.6 Å². The molecule has 0 radical (unpaired) electrons. The molecule has 4 aromatic rings. The molecule has 4 aliphatic rings. The van der Waals surface area contributed by atoms with Crippen molar-refractivity contribution in [1.29, 1.82) is 0 Å². The zero-order valence-corrected chi connectivity index (χ0v) is 32.5. The number of aliphatic hydroxyl groups excluding tert-OH is 1. The summed E-state index contributed by atoms with van der Waals surface area (Å²) in [7, 11) is 1.63. The summed E-state index contributed by atoms with van der Waals surface area (Å²) in [5.74, 6) is -2.41. The molecule has 0 spiro atoms. The van der Waals surface area contributed by atoms with Gasteiger partial charge in [-0.3, -0.25) is 19.4 Å². The van der Waals surface area contributed by atoms with E-state index in [2.05, 4.69) is 30.1 Å². The first-order valence-electron chi connectivity index (χ1n) is 19.8. The number of hydrogen-bond acceptors (Lipinski definition) is 11. The van der Waals surface area contributed by atoms with Crippen molar-refractivity contribution in [2.45, 2.75) is 63.5 Å². The molecule has 1 aliphatic heterocycles. The van der Waals surface area contributed by atoms with Crippen molar-refractivity contribution in [2.24, 2.45) is 11.8 Å². The molecule has 2 N–H and O–H groups in total. The molecule has 0 amide bonds. The fourth-order valence-corrected chi connectivity index (χ4v) is 9.67. The first kappa shape index (κ1) is 38.4. The van der Waals surface area contributed by atoms with E-state index in [1.165, 1.54) is 0 Å². The molecule has 5 atom stereocenters. The second kappa shape index (κ2) is 15.8. The van der Waals surface area contributed by atoms with E-state index in [9.17, 15) is 15.0 Å². The number of allylic oxidation sites excluding steroid dienone is 1. The summed E-state index contributed by atoms with van der Waals surface area (Å²) in [6.45, 7) is 12.8. The minimum absolute atomic E-state index is 0.00517. The zero-order chi connectivity index (χ0) is 39.8. The normalized spacial score (nSPS) is 24.1. The molecule has 0 bridgehead atoms. The van der Waals surface area contributed by atoms with Crippen molar-refractivity contribution in [3.8, 4) is 17.4 Å². The van der Waals surface area contributed by atoms with Gasteiger partial charge in [-0.05, 0) is 67.0 Å². The number of methoxy groups -OCH3 is 1. The van der Waals surface area contributed by atoms with Gasteiger partial charge in [0.25, 0.3) is 5.88 Å². The van der Waals surface area contributed by atoms with Crippen molar-refractivity contribution in [3.05, 3.63) is 143 Å². The fourth-order valence-electron chi connectivity index (χ4n) is 9.67. The van der Waals surface area contributed by atoms with E-state index >= 15 is 4.79 Å². The first-order valence-corrected chi connectivity index (χ1v) is 19.8. The summed E-state index contributed by atoms with van der Waals surface area (Å²) in [5.41, 5.74) is 1.10. The summed E-state index contributed by atoms with van der Waals surface area (Å²) in [6, 6.07) is 20.3. The predicted molar refractivity (Wildman–Crippen MR) is 214 cm³/mol. The monoisotopic (exact) mass is 771 g/mol. The van der Waals surface area contributed by atoms with Gasteiger partial charge in [0.1, 0.15) is 36.0 Å². The molecule has 1 fully saturated rings. The Bertz CT molecular complexity index is 2200. The smallest absolute Gasteiger partial charge is 0.265 e. The van der Waals surface area contributed by atoms with Crippen molar-refractivity contribution < 1.29 is 38.5 Å². The molecule has 1 aromatic heterocycles. The number of Topliss-reactive ketones (excluding diaryl/α,β-unsaturated/α-hetero) is 2. The van der Waals surface area contributed by atoms with Gasteiger partial charge < -0.3 is 28.9 Å². The van der Waals surface area contributed by atoms with E-state index in [4.69, 9.17) is 18.7 Å². The van der Waals surface area contributed by atoms with Gasteiger partial charge >= 0.3 is 0 Å². The summed E-state index contributed by atoms with van der Waals surface area (Å²) in [4.78, 5) is 34.3. The molecule has 2 heterocycles. The SMILES string of the molecule is C=CCN(CC=C)[C@@H]1c2onc(OCc3ccccc3)c2C(=O)[C@@]2(O)C(O)=C3C(=O)c4c(OCc5ccccc5)cc(C5CCCN5CC)c(OC)c4C[C@H]3C[C@@H]12. The van der Waals surface area contributed by atoms with Crippen molar-refractivity contribution in [1.82, 2.24) is 15.0 Å². The first-order chi connectivity index (χ1) is 27.7. The van der Waals surface area contributed by atoms with E-state index < -0.39 is 40.8 Å². The maximum Gasteiger partial charge on any atom is 0.265 e. The maximum atomic E-state index is 15.1. The van der Waals surface area contributed by atoms with Crippen LogP contribution in [0.15, 0.2) is 108 Å². The Morgan fingerprint density at radius 1 is 1.00 bits per heavy atom. The highest BCUT2D eigenvalue weighted by Gasteiger charge is 2.64. The summed E-state index contributed by atoms with van der Waals surface area (Å²) in [6.07, 6.45) is 5.88. The molecule has 3 aromatic carbocycles. The van der Waals surface area contributed by atoms with Crippen LogP contribution in [-0.2, 0) is 19.6 Å². The number of nitrogens with zero attached hydrogens (tertiary/aromatic N) is 3. The highest BCUT2D eigenvalue weighted by molar-refractivity contribution is 6.16. The highest BCUT2D eigenvalue weighted by atomic mass is 16.5. The van der Waals surface area contributed by atoms with E-state index in [1.54, 1.807) is 19.3 Å². The molecule has 11 nitrogen and oxygen atoms in total. The summed E-state index contributed by atoms with van der Waals surface area (Å²) >= 11 is 0. The minimum atomic E-state index is -2.51. The van der Waals surface area contributed by atoms with Crippen LogP contribution >= 0.6 is 0 Å². The molecule has 3 aliphatic carbocycles. The molecule has 11 heteroatoms. The van der Waals surface area contributed by atoms with Crippen LogP contribution in [0.4, 0.5) is 0 Å². The van der Waals surface area contributed by atoms with Crippen molar-refractivity contribution in [2.75, 3.05) is 33.3 Å². The number of ether oxygens (including phenoxy) is 3. The predicted octanol–water partition coefficient (Wildman–Crippen LogP) is 7.53. The molecule has 296 valence electrons. The van der Waals surface area contributed by atoms with Gasteiger partial charge in [-0.15, -0.1) is 13.2 Å². The van der Waals surface area contributed by atoms with Crippen LogP contribution in [0.25, 0.3) is 0 Å². The van der Waals surface area contributed by atoms with Crippen LogP contribution < -0.4 is 14.2 Å². The molecule has 1 saturated heterocycles. The largest absolute Gasteiger partial charge is 0.508 e. The topological polar surface area (TPSA) is 135 Å². The Balaban J connectivity index is 1.27. The summed E-state index contributed by atoms with van der Waals surface area (Å²) < 4.78 is 24.8. The van der Waals surface area contributed by atoms with Crippen LogP contribution in [0, 0.1) is 11.8 Å². The number of carbonyl (C=O) groups is 2. The zero-order valence-electron chi connectivity index (χ0n) is 32.5. The third-order valence-corrected chi connectivity index (χ3v) is 12.2. The van der Waals surface area contributed by atoms with Gasteiger partial charge in [0.15, 0.2) is 17.1 Å². The Labute approximate surface area is 332 Å². The second-order valence-corrected chi connectivity index (χ2v) is 15.3. The highest BCUT2D eigenvalue weighted by Crippen LogP contribution is 2.58. The van der Waals surface area contributed by atoms with Crippen LogP contribution in [0.2, 0.25) is 0 Å². The number of likely N-dealkylation sites (tertiary alicyclic amines) is 1. The van der Waals surface area contributed by atoms with Crippen molar-refractivity contribution in [3.63, 3.8) is 0 Å². The quantitative estimate of drug-likeness (QED) is 0.123.